The number of nitrogens with one attached hydrogen (secondary N) is 2. The van der Waals surface area contributed by atoms with Gasteiger partial charge in [-0.2, -0.15) is 5.10 Å². The van der Waals surface area contributed by atoms with Gasteiger partial charge in [0.2, 0.25) is 0 Å². The third kappa shape index (κ3) is 4.95. The second-order valence-electron chi connectivity index (χ2n) is 9.31. The van der Waals surface area contributed by atoms with Gasteiger partial charge in [0.25, 0.3) is 0 Å². The van der Waals surface area contributed by atoms with E-state index in [1.54, 1.807) is 17.7 Å². The van der Waals surface area contributed by atoms with Crippen molar-refractivity contribution in [3.05, 3.63) is 30.6 Å². The van der Waals surface area contributed by atoms with Crippen LogP contribution in [0.3, 0.4) is 0 Å². The molecule has 0 spiro atoms. The molecule has 2 heterocycles. The molecule has 0 bridgehead atoms. The lowest BCUT2D eigenvalue weighted by Crippen LogP contribution is -2.27. The molecule has 2 atom stereocenters. The number of carbonyl (C=O) groups is 1. The third-order valence-corrected chi connectivity index (χ3v) is 5.56. The first-order chi connectivity index (χ1) is 15.6. The fourth-order valence-corrected chi connectivity index (χ4v) is 4.12. The van der Waals surface area contributed by atoms with E-state index >= 15 is 0 Å². The van der Waals surface area contributed by atoms with Gasteiger partial charge in [0.1, 0.15) is 29.0 Å². The van der Waals surface area contributed by atoms with E-state index in [4.69, 9.17) is 20.9 Å². The molecule has 1 amide bonds. The summed E-state index contributed by atoms with van der Waals surface area (Å²) in [5, 5.41) is 10.7. The standard InChI is InChI=1S/C23H31N7O3/c1-23(2,3)33-22(31)29-17-8-5-13(9-18(17)32-4)16-11-19(28-15-7-6-14(24)10-15)30-20(16)21(25)26-12-27-30/h5,8-9,11-12,14-15,28H,6-7,10,24H2,1-4H3,(H,29,31)(H2,25,26,27)/t14-,15-/m0/s1. The number of ether oxygens (including phenoxy) is 2. The number of anilines is 3. The van der Waals surface area contributed by atoms with Gasteiger partial charge in [0, 0.05) is 17.6 Å². The number of amides is 1. The number of methoxy groups -OCH3 is 1. The zero-order valence-corrected chi connectivity index (χ0v) is 19.4. The second kappa shape index (κ2) is 8.78. The van der Waals surface area contributed by atoms with Crippen LogP contribution in [0.15, 0.2) is 30.6 Å². The summed E-state index contributed by atoms with van der Waals surface area (Å²) in [6.07, 6.45) is 3.78. The summed E-state index contributed by atoms with van der Waals surface area (Å²) in [5.74, 6) is 1.68. The van der Waals surface area contributed by atoms with Gasteiger partial charge >= 0.3 is 6.09 Å². The molecule has 1 aromatic carbocycles. The number of aromatic nitrogens is 3. The first kappa shape index (κ1) is 22.7. The van der Waals surface area contributed by atoms with Crippen molar-refractivity contribution in [2.45, 2.75) is 57.7 Å². The smallest absolute Gasteiger partial charge is 0.412 e. The molecule has 1 aliphatic rings. The molecule has 176 valence electrons. The number of benzene rings is 1. The van der Waals surface area contributed by atoms with Crippen molar-refractivity contribution in [2.24, 2.45) is 5.73 Å². The molecule has 0 unspecified atom stereocenters. The van der Waals surface area contributed by atoms with Crippen LogP contribution in [0.1, 0.15) is 40.0 Å². The van der Waals surface area contributed by atoms with Crippen molar-refractivity contribution in [1.29, 1.82) is 0 Å². The highest BCUT2D eigenvalue weighted by Gasteiger charge is 2.24. The van der Waals surface area contributed by atoms with Crippen LogP contribution in [0.2, 0.25) is 0 Å². The molecular formula is C23H31N7O3. The van der Waals surface area contributed by atoms with Crippen LogP contribution >= 0.6 is 0 Å². The molecule has 0 saturated heterocycles. The van der Waals surface area contributed by atoms with Crippen LogP contribution in [0.25, 0.3) is 16.6 Å². The van der Waals surface area contributed by atoms with Gasteiger partial charge in [-0.25, -0.2) is 14.3 Å². The summed E-state index contributed by atoms with van der Waals surface area (Å²) in [5.41, 5.74) is 14.6. The topological polar surface area (TPSA) is 142 Å². The summed E-state index contributed by atoms with van der Waals surface area (Å²) >= 11 is 0. The summed E-state index contributed by atoms with van der Waals surface area (Å²) < 4.78 is 12.6. The maximum absolute atomic E-state index is 12.2. The Balaban J connectivity index is 1.69. The van der Waals surface area contributed by atoms with E-state index < -0.39 is 11.7 Å². The summed E-state index contributed by atoms with van der Waals surface area (Å²) in [6, 6.07) is 7.97. The van der Waals surface area contributed by atoms with Crippen LogP contribution in [0.5, 0.6) is 5.75 Å². The summed E-state index contributed by atoms with van der Waals surface area (Å²) in [4.78, 5) is 16.4. The van der Waals surface area contributed by atoms with Crippen molar-refractivity contribution in [3.63, 3.8) is 0 Å². The highest BCUT2D eigenvalue weighted by atomic mass is 16.6. The lowest BCUT2D eigenvalue weighted by molar-refractivity contribution is 0.0635. The fraction of sp³-hybridized carbons (Fsp3) is 0.435. The first-order valence-corrected chi connectivity index (χ1v) is 11.0. The molecule has 4 rings (SSSR count). The monoisotopic (exact) mass is 453 g/mol. The van der Waals surface area contributed by atoms with Crippen molar-refractivity contribution >= 4 is 28.9 Å². The van der Waals surface area contributed by atoms with E-state index in [-0.39, 0.29) is 12.1 Å². The van der Waals surface area contributed by atoms with Crippen molar-refractivity contribution in [3.8, 4) is 16.9 Å². The van der Waals surface area contributed by atoms with Gasteiger partial charge in [-0.1, -0.05) is 6.07 Å². The van der Waals surface area contributed by atoms with Gasteiger partial charge in [0.05, 0.1) is 12.8 Å². The third-order valence-electron chi connectivity index (χ3n) is 5.56. The molecule has 0 aliphatic heterocycles. The molecule has 3 aromatic rings. The average Bonchev–Trinajstić information content (AvgIpc) is 3.31. The van der Waals surface area contributed by atoms with E-state index in [9.17, 15) is 4.79 Å². The van der Waals surface area contributed by atoms with Gasteiger partial charge in [0.15, 0.2) is 5.82 Å². The maximum atomic E-state index is 12.2. The molecule has 1 saturated carbocycles. The molecule has 1 aliphatic carbocycles. The Labute approximate surface area is 192 Å². The lowest BCUT2D eigenvalue weighted by Gasteiger charge is -2.20. The number of rotatable bonds is 5. The van der Waals surface area contributed by atoms with E-state index in [1.807, 2.05) is 39.0 Å². The maximum Gasteiger partial charge on any atom is 0.412 e. The zero-order chi connectivity index (χ0) is 23.8. The SMILES string of the molecule is COc1cc(-c2cc(N[C@H]3CC[C@H](N)C3)n3ncnc(N)c23)ccc1NC(=O)OC(C)(C)C. The number of nitrogens with two attached hydrogens (primary N) is 2. The minimum Gasteiger partial charge on any atom is -0.495 e. The molecule has 10 nitrogen and oxygen atoms in total. The molecule has 2 aromatic heterocycles. The Morgan fingerprint density at radius 3 is 2.70 bits per heavy atom. The van der Waals surface area contributed by atoms with Gasteiger partial charge in [-0.15, -0.1) is 0 Å². The number of fused-ring (bicyclic) bond motifs is 1. The quantitative estimate of drug-likeness (QED) is 0.459. The Bertz CT molecular complexity index is 1170. The number of hydrogen-bond donors (Lipinski definition) is 4. The number of nitrogen functional groups attached to an aromatic ring is 1. The van der Waals surface area contributed by atoms with Crippen LogP contribution < -0.4 is 26.8 Å². The number of hydrogen-bond acceptors (Lipinski definition) is 8. The Hall–Kier alpha value is -3.53. The van der Waals surface area contributed by atoms with Crippen LogP contribution in [0.4, 0.5) is 22.1 Å². The van der Waals surface area contributed by atoms with Crippen molar-refractivity contribution in [1.82, 2.24) is 14.6 Å². The van der Waals surface area contributed by atoms with E-state index in [0.29, 0.717) is 22.8 Å². The van der Waals surface area contributed by atoms with Crippen LogP contribution in [0, 0.1) is 0 Å². The largest absolute Gasteiger partial charge is 0.495 e. The average molecular weight is 454 g/mol. The van der Waals surface area contributed by atoms with Crippen molar-refractivity contribution < 1.29 is 14.3 Å². The van der Waals surface area contributed by atoms with E-state index in [2.05, 4.69) is 20.7 Å². The predicted octanol–water partition coefficient (Wildman–Crippen LogP) is 3.63. The minimum absolute atomic E-state index is 0.210. The predicted molar refractivity (Wildman–Crippen MR) is 128 cm³/mol. The van der Waals surface area contributed by atoms with Gasteiger partial charge < -0.3 is 26.3 Å². The van der Waals surface area contributed by atoms with E-state index in [0.717, 1.165) is 36.2 Å². The second-order valence-corrected chi connectivity index (χ2v) is 9.31. The summed E-state index contributed by atoms with van der Waals surface area (Å²) in [7, 11) is 1.55. The summed E-state index contributed by atoms with van der Waals surface area (Å²) in [6.45, 7) is 5.42. The highest BCUT2D eigenvalue weighted by Crippen LogP contribution is 2.37. The molecule has 33 heavy (non-hydrogen) atoms. The lowest BCUT2D eigenvalue weighted by atomic mass is 10.1. The first-order valence-electron chi connectivity index (χ1n) is 11.0. The highest BCUT2D eigenvalue weighted by molar-refractivity contribution is 5.93. The van der Waals surface area contributed by atoms with Gasteiger partial charge in [-0.05, 0) is 63.8 Å². The fourth-order valence-electron chi connectivity index (χ4n) is 4.12. The van der Waals surface area contributed by atoms with Crippen molar-refractivity contribution in [2.75, 3.05) is 23.5 Å². The number of nitrogens with zero attached hydrogens (tertiary/aromatic N) is 3. The Morgan fingerprint density at radius 1 is 1.24 bits per heavy atom. The van der Waals surface area contributed by atoms with E-state index in [1.165, 1.54) is 6.33 Å². The molecule has 1 fully saturated rings. The zero-order valence-electron chi connectivity index (χ0n) is 19.4. The Kier molecular flexibility index (Phi) is 6.03. The molecular weight excluding hydrogens is 422 g/mol. The molecule has 0 radical (unpaired) electrons. The van der Waals surface area contributed by atoms with Gasteiger partial charge in [-0.3, -0.25) is 5.32 Å². The minimum atomic E-state index is -0.604. The normalized spacial score (nSPS) is 18.3. The number of carbonyl (C=O) groups excluding carboxylic acids is 1. The molecule has 10 heteroatoms. The van der Waals surface area contributed by atoms with Crippen LogP contribution in [-0.2, 0) is 4.74 Å². The Morgan fingerprint density at radius 2 is 2.03 bits per heavy atom. The molecule has 6 N–H and O–H groups in total. The van der Waals surface area contributed by atoms with Crippen LogP contribution in [-0.4, -0.2) is 45.5 Å².